The van der Waals surface area contributed by atoms with Crippen LogP contribution in [0.3, 0.4) is 0 Å². The van der Waals surface area contributed by atoms with Crippen LogP contribution in [0.2, 0.25) is 0 Å². The van der Waals surface area contributed by atoms with Crippen molar-refractivity contribution in [3.05, 3.63) is 0 Å². The lowest BCUT2D eigenvalue weighted by molar-refractivity contribution is -0.0719. The van der Waals surface area contributed by atoms with Gasteiger partial charge in [0.25, 0.3) is 0 Å². The lowest BCUT2D eigenvalue weighted by Gasteiger charge is -2.39. The van der Waals surface area contributed by atoms with Gasteiger partial charge in [0.1, 0.15) is 0 Å². The van der Waals surface area contributed by atoms with E-state index < -0.39 is 0 Å². The van der Waals surface area contributed by atoms with Crippen molar-refractivity contribution < 1.29 is 4.74 Å². The number of hydrogen-bond donors (Lipinski definition) is 1. The Morgan fingerprint density at radius 2 is 1.80 bits per heavy atom. The number of rotatable bonds is 4. The van der Waals surface area contributed by atoms with E-state index in [0.717, 1.165) is 26.2 Å². The average Bonchev–Trinajstić information content (AvgIpc) is 2.44. The van der Waals surface area contributed by atoms with Gasteiger partial charge in [-0.1, -0.05) is 12.8 Å². The predicted octanol–water partition coefficient (Wildman–Crippen LogP) is 1.24. The SMILES string of the molecule is CC1(OCCN2CCCCCC2)CNC1. The maximum absolute atomic E-state index is 5.90. The Morgan fingerprint density at radius 3 is 2.33 bits per heavy atom. The highest BCUT2D eigenvalue weighted by Gasteiger charge is 2.32. The molecule has 2 rings (SSSR count). The number of ether oxygens (including phenoxy) is 1. The summed E-state index contributed by atoms with van der Waals surface area (Å²) < 4.78 is 5.90. The molecular formula is C12H24N2O. The van der Waals surface area contributed by atoms with Gasteiger partial charge >= 0.3 is 0 Å². The van der Waals surface area contributed by atoms with Gasteiger partial charge in [0.15, 0.2) is 0 Å². The minimum absolute atomic E-state index is 0.131. The second-order valence-corrected chi connectivity index (χ2v) is 5.16. The molecule has 2 aliphatic rings. The summed E-state index contributed by atoms with van der Waals surface area (Å²) in [7, 11) is 0. The van der Waals surface area contributed by atoms with E-state index in [4.69, 9.17) is 4.74 Å². The Bertz CT molecular complexity index is 184. The van der Waals surface area contributed by atoms with E-state index in [9.17, 15) is 0 Å². The normalized spacial score (nSPS) is 27.0. The van der Waals surface area contributed by atoms with E-state index >= 15 is 0 Å². The first-order valence-electron chi connectivity index (χ1n) is 6.36. The van der Waals surface area contributed by atoms with Crippen LogP contribution in [-0.4, -0.2) is 49.8 Å². The zero-order valence-electron chi connectivity index (χ0n) is 9.93. The van der Waals surface area contributed by atoms with Gasteiger partial charge in [0, 0.05) is 19.6 Å². The largest absolute Gasteiger partial charge is 0.371 e. The van der Waals surface area contributed by atoms with Gasteiger partial charge in [-0.05, 0) is 32.9 Å². The summed E-state index contributed by atoms with van der Waals surface area (Å²) in [6.07, 6.45) is 5.58. The molecule has 0 amide bonds. The van der Waals surface area contributed by atoms with Crippen LogP contribution in [0.1, 0.15) is 32.6 Å². The molecule has 1 N–H and O–H groups in total. The molecule has 2 fully saturated rings. The summed E-state index contributed by atoms with van der Waals surface area (Å²) in [5.74, 6) is 0. The molecule has 88 valence electrons. The molecule has 0 unspecified atom stereocenters. The van der Waals surface area contributed by atoms with Crippen molar-refractivity contribution in [3.8, 4) is 0 Å². The number of hydrogen-bond acceptors (Lipinski definition) is 3. The summed E-state index contributed by atoms with van der Waals surface area (Å²) in [4.78, 5) is 2.56. The fraction of sp³-hybridized carbons (Fsp3) is 1.00. The molecule has 2 saturated heterocycles. The van der Waals surface area contributed by atoms with Crippen LogP contribution in [0.4, 0.5) is 0 Å². The number of nitrogens with zero attached hydrogens (tertiary/aromatic N) is 1. The van der Waals surface area contributed by atoms with Crippen LogP contribution in [0.15, 0.2) is 0 Å². The first-order valence-corrected chi connectivity index (χ1v) is 6.36. The molecule has 0 aromatic heterocycles. The van der Waals surface area contributed by atoms with E-state index in [1.54, 1.807) is 0 Å². The van der Waals surface area contributed by atoms with Crippen LogP contribution in [-0.2, 0) is 4.74 Å². The van der Waals surface area contributed by atoms with E-state index in [-0.39, 0.29) is 5.60 Å². The van der Waals surface area contributed by atoms with E-state index in [2.05, 4.69) is 17.1 Å². The second kappa shape index (κ2) is 5.28. The van der Waals surface area contributed by atoms with Gasteiger partial charge in [-0.25, -0.2) is 0 Å². The topological polar surface area (TPSA) is 24.5 Å². The molecule has 0 saturated carbocycles. The van der Waals surface area contributed by atoms with Crippen LogP contribution in [0.25, 0.3) is 0 Å². The molecule has 0 aromatic carbocycles. The lowest BCUT2D eigenvalue weighted by Crippen LogP contribution is -2.59. The third-order valence-electron chi connectivity index (χ3n) is 3.55. The molecule has 0 radical (unpaired) electrons. The smallest absolute Gasteiger partial charge is 0.0902 e. The van der Waals surface area contributed by atoms with Crippen molar-refractivity contribution >= 4 is 0 Å². The van der Waals surface area contributed by atoms with Gasteiger partial charge in [-0.15, -0.1) is 0 Å². The summed E-state index contributed by atoms with van der Waals surface area (Å²) in [6, 6.07) is 0. The number of nitrogens with one attached hydrogen (secondary N) is 1. The van der Waals surface area contributed by atoms with Crippen LogP contribution in [0.5, 0.6) is 0 Å². The molecule has 2 heterocycles. The Morgan fingerprint density at radius 1 is 1.13 bits per heavy atom. The van der Waals surface area contributed by atoms with Crippen LogP contribution >= 0.6 is 0 Å². The first-order chi connectivity index (χ1) is 7.29. The monoisotopic (exact) mass is 212 g/mol. The highest BCUT2D eigenvalue weighted by atomic mass is 16.5. The van der Waals surface area contributed by atoms with Crippen molar-refractivity contribution in [2.45, 2.75) is 38.2 Å². The molecule has 3 heteroatoms. The zero-order chi connectivity index (χ0) is 10.6. The molecule has 0 aliphatic carbocycles. The summed E-state index contributed by atoms with van der Waals surface area (Å²) in [5.41, 5.74) is 0.131. The minimum atomic E-state index is 0.131. The number of likely N-dealkylation sites (tertiary alicyclic amines) is 1. The van der Waals surface area contributed by atoms with Gasteiger partial charge in [0.05, 0.1) is 12.2 Å². The van der Waals surface area contributed by atoms with Crippen molar-refractivity contribution in [2.75, 3.05) is 39.3 Å². The molecule has 0 spiro atoms. The molecule has 0 bridgehead atoms. The molecule has 0 aromatic rings. The lowest BCUT2D eigenvalue weighted by atomic mass is 10.0. The quantitative estimate of drug-likeness (QED) is 0.759. The van der Waals surface area contributed by atoms with Crippen LogP contribution < -0.4 is 5.32 Å². The van der Waals surface area contributed by atoms with Gasteiger partial charge in [-0.3, -0.25) is 0 Å². The minimum Gasteiger partial charge on any atom is -0.371 e. The van der Waals surface area contributed by atoms with Crippen molar-refractivity contribution in [1.82, 2.24) is 10.2 Å². The van der Waals surface area contributed by atoms with Gasteiger partial charge in [0.2, 0.25) is 0 Å². The predicted molar refractivity (Wildman–Crippen MR) is 62.1 cm³/mol. The second-order valence-electron chi connectivity index (χ2n) is 5.16. The maximum Gasteiger partial charge on any atom is 0.0902 e. The van der Waals surface area contributed by atoms with Crippen molar-refractivity contribution in [2.24, 2.45) is 0 Å². The van der Waals surface area contributed by atoms with Gasteiger partial charge < -0.3 is 15.0 Å². The van der Waals surface area contributed by atoms with E-state index in [0.29, 0.717) is 0 Å². The Balaban J connectivity index is 1.59. The standard InChI is InChI=1S/C12H24N2O/c1-12(10-13-11-12)15-9-8-14-6-4-2-3-5-7-14/h13H,2-11H2,1H3. The van der Waals surface area contributed by atoms with E-state index in [1.807, 2.05) is 0 Å². The Kier molecular flexibility index (Phi) is 4.00. The van der Waals surface area contributed by atoms with Gasteiger partial charge in [-0.2, -0.15) is 0 Å². The Hall–Kier alpha value is -0.120. The fourth-order valence-electron chi connectivity index (χ4n) is 2.36. The Labute approximate surface area is 93.2 Å². The fourth-order valence-corrected chi connectivity index (χ4v) is 2.36. The molecule has 3 nitrogen and oxygen atoms in total. The molecule has 0 atom stereocenters. The zero-order valence-corrected chi connectivity index (χ0v) is 9.93. The molecule has 15 heavy (non-hydrogen) atoms. The highest BCUT2D eigenvalue weighted by molar-refractivity contribution is 4.90. The van der Waals surface area contributed by atoms with Crippen LogP contribution in [0, 0.1) is 0 Å². The summed E-state index contributed by atoms with van der Waals surface area (Å²) in [6.45, 7) is 8.82. The van der Waals surface area contributed by atoms with Crippen molar-refractivity contribution in [1.29, 1.82) is 0 Å². The summed E-state index contributed by atoms with van der Waals surface area (Å²) >= 11 is 0. The van der Waals surface area contributed by atoms with Crippen molar-refractivity contribution in [3.63, 3.8) is 0 Å². The molecule has 2 aliphatic heterocycles. The highest BCUT2D eigenvalue weighted by Crippen LogP contribution is 2.15. The maximum atomic E-state index is 5.90. The first kappa shape index (κ1) is 11.4. The average molecular weight is 212 g/mol. The summed E-state index contributed by atoms with van der Waals surface area (Å²) in [5, 5.41) is 3.26. The third-order valence-corrected chi connectivity index (χ3v) is 3.55. The third kappa shape index (κ3) is 3.44. The molecular weight excluding hydrogens is 188 g/mol. The van der Waals surface area contributed by atoms with E-state index in [1.165, 1.54) is 38.8 Å².